The van der Waals surface area contributed by atoms with E-state index in [1.54, 1.807) is 23.9 Å². The van der Waals surface area contributed by atoms with Crippen LogP contribution in [0.1, 0.15) is 24.0 Å². The van der Waals surface area contributed by atoms with Crippen molar-refractivity contribution in [3.63, 3.8) is 0 Å². The fourth-order valence-electron chi connectivity index (χ4n) is 4.27. The normalized spacial score (nSPS) is 18.1. The van der Waals surface area contributed by atoms with Crippen LogP contribution < -0.4 is 10.2 Å². The van der Waals surface area contributed by atoms with Gasteiger partial charge in [-0.25, -0.2) is 15.0 Å². The Balaban J connectivity index is 1.21. The van der Waals surface area contributed by atoms with E-state index in [2.05, 4.69) is 54.3 Å². The minimum atomic E-state index is 0.666. The second kappa shape index (κ2) is 7.85. The molecule has 4 heterocycles. The number of nitrogens with zero attached hydrogens (tertiary/aromatic N) is 5. The van der Waals surface area contributed by atoms with Gasteiger partial charge in [0.15, 0.2) is 5.13 Å². The van der Waals surface area contributed by atoms with Gasteiger partial charge in [0.2, 0.25) is 0 Å². The van der Waals surface area contributed by atoms with E-state index in [-0.39, 0.29) is 0 Å². The molecule has 5 rings (SSSR count). The molecule has 1 N–H and O–H groups in total. The largest absolute Gasteiger partial charge is 0.356 e. The van der Waals surface area contributed by atoms with Crippen LogP contribution in [0, 0.1) is 0 Å². The SMILES string of the molecule is c1ccc2c(c1)CCN(C1CCN(c3cc(Nc4nccs4)ncn3)CC1)C2. The third-order valence-electron chi connectivity index (χ3n) is 5.79. The van der Waals surface area contributed by atoms with Gasteiger partial charge in [0, 0.05) is 49.9 Å². The first-order chi connectivity index (χ1) is 13.8. The number of thiazole rings is 1. The highest BCUT2D eigenvalue weighted by Gasteiger charge is 2.27. The van der Waals surface area contributed by atoms with E-state index in [0.29, 0.717) is 6.04 Å². The molecular formula is C21H24N6S. The number of anilines is 3. The molecule has 28 heavy (non-hydrogen) atoms. The second-order valence-corrected chi connectivity index (χ2v) is 8.33. The highest BCUT2D eigenvalue weighted by atomic mass is 32.1. The summed E-state index contributed by atoms with van der Waals surface area (Å²) < 4.78 is 0. The lowest BCUT2D eigenvalue weighted by Crippen LogP contribution is -2.46. The molecule has 2 aliphatic heterocycles. The standard InChI is InChI=1S/C21H24N6S/c1-2-4-17-14-27(9-5-16(17)3-1)18-6-10-26(11-7-18)20-13-19(23-15-24-20)25-21-22-8-12-28-21/h1-4,8,12-13,15,18H,5-7,9-11,14H2,(H,22,23,24,25). The van der Waals surface area contributed by atoms with Gasteiger partial charge in [-0.3, -0.25) is 4.90 Å². The molecule has 0 atom stereocenters. The first kappa shape index (κ1) is 17.6. The van der Waals surface area contributed by atoms with Crippen molar-refractivity contribution in [2.24, 2.45) is 0 Å². The molecule has 1 fully saturated rings. The third kappa shape index (κ3) is 3.72. The summed E-state index contributed by atoms with van der Waals surface area (Å²) in [5.74, 6) is 1.80. The summed E-state index contributed by atoms with van der Waals surface area (Å²) in [5.41, 5.74) is 3.03. The zero-order valence-corrected chi connectivity index (χ0v) is 16.6. The van der Waals surface area contributed by atoms with Crippen molar-refractivity contribution in [2.75, 3.05) is 29.9 Å². The van der Waals surface area contributed by atoms with Crippen molar-refractivity contribution in [1.82, 2.24) is 19.9 Å². The summed E-state index contributed by atoms with van der Waals surface area (Å²) in [5, 5.41) is 6.06. The van der Waals surface area contributed by atoms with Gasteiger partial charge >= 0.3 is 0 Å². The van der Waals surface area contributed by atoms with Crippen LogP contribution in [0.2, 0.25) is 0 Å². The Morgan fingerprint density at radius 3 is 2.68 bits per heavy atom. The molecule has 2 aliphatic rings. The van der Waals surface area contributed by atoms with Crippen molar-refractivity contribution in [1.29, 1.82) is 0 Å². The number of rotatable bonds is 4. The topological polar surface area (TPSA) is 57.2 Å². The van der Waals surface area contributed by atoms with Crippen LogP contribution in [0.15, 0.2) is 48.2 Å². The molecule has 0 unspecified atom stereocenters. The number of piperidine rings is 1. The van der Waals surface area contributed by atoms with E-state index in [1.807, 2.05) is 11.4 Å². The minimum Gasteiger partial charge on any atom is -0.356 e. The van der Waals surface area contributed by atoms with E-state index in [1.165, 1.54) is 36.9 Å². The van der Waals surface area contributed by atoms with Gasteiger partial charge in [-0.2, -0.15) is 0 Å². The maximum absolute atomic E-state index is 4.50. The summed E-state index contributed by atoms with van der Waals surface area (Å²) >= 11 is 1.57. The monoisotopic (exact) mass is 392 g/mol. The number of nitrogens with one attached hydrogen (secondary N) is 1. The minimum absolute atomic E-state index is 0.666. The Labute approximate surface area is 169 Å². The quantitative estimate of drug-likeness (QED) is 0.731. The average Bonchev–Trinajstić information content (AvgIpc) is 3.27. The fraction of sp³-hybridized carbons (Fsp3) is 0.381. The predicted molar refractivity (Wildman–Crippen MR) is 113 cm³/mol. The molecule has 7 heteroatoms. The van der Waals surface area contributed by atoms with Gasteiger partial charge in [0.05, 0.1) is 0 Å². The lowest BCUT2D eigenvalue weighted by molar-refractivity contribution is 0.153. The van der Waals surface area contributed by atoms with E-state index in [4.69, 9.17) is 0 Å². The predicted octanol–water partition coefficient (Wildman–Crippen LogP) is 3.70. The Morgan fingerprint density at radius 1 is 1.00 bits per heavy atom. The van der Waals surface area contributed by atoms with Gasteiger partial charge in [-0.1, -0.05) is 24.3 Å². The Kier molecular flexibility index (Phi) is 4.93. The molecule has 144 valence electrons. The maximum atomic E-state index is 4.50. The van der Waals surface area contributed by atoms with Gasteiger partial charge in [0.1, 0.15) is 18.0 Å². The lowest BCUT2D eigenvalue weighted by Gasteiger charge is -2.41. The zero-order valence-electron chi connectivity index (χ0n) is 15.8. The van der Waals surface area contributed by atoms with Crippen LogP contribution >= 0.6 is 11.3 Å². The van der Waals surface area contributed by atoms with Gasteiger partial charge in [0.25, 0.3) is 0 Å². The average molecular weight is 393 g/mol. The van der Waals surface area contributed by atoms with Crippen molar-refractivity contribution in [2.45, 2.75) is 31.8 Å². The van der Waals surface area contributed by atoms with E-state index < -0.39 is 0 Å². The summed E-state index contributed by atoms with van der Waals surface area (Å²) in [6.07, 6.45) is 6.97. The molecule has 2 aromatic heterocycles. The zero-order chi connectivity index (χ0) is 18.8. The maximum Gasteiger partial charge on any atom is 0.188 e. The number of aromatic nitrogens is 3. The first-order valence-corrected chi connectivity index (χ1v) is 10.8. The van der Waals surface area contributed by atoms with Crippen LogP contribution in [0.3, 0.4) is 0 Å². The van der Waals surface area contributed by atoms with Crippen molar-refractivity contribution in [3.05, 3.63) is 59.4 Å². The van der Waals surface area contributed by atoms with Gasteiger partial charge in [-0.15, -0.1) is 11.3 Å². The Bertz CT molecular complexity index is 920. The Morgan fingerprint density at radius 2 is 1.86 bits per heavy atom. The van der Waals surface area contributed by atoms with Gasteiger partial charge < -0.3 is 10.2 Å². The van der Waals surface area contributed by atoms with Crippen LogP contribution in [0.4, 0.5) is 16.8 Å². The summed E-state index contributed by atoms with van der Waals surface area (Å²) in [6.45, 7) is 4.35. The summed E-state index contributed by atoms with van der Waals surface area (Å²) in [6, 6.07) is 11.6. The Hall–Kier alpha value is -2.51. The molecule has 0 bridgehead atoms. The van der Waals surface area contributed by atoms with Gasteiger partial charge in [-0.05, 0) is 30.4 Å². The molecular weight excluding hydrogens is 368 g/mol. The smallest absolute Gasteiger partial charge is 0.188 e. The number of hydrogen-bond acceptors (Lipinski definition) is 7. The van der Waals surface area contributed by atoms with Crippen molar-refractivity contribution < 1.29 is 0 Å². The van der Waals surface area contributed by atoms with E-state index in [0.717, 1.165) is 36.4 Å². The van der Waals surface area contributed by atoms with Crippen molar-refractivity contribution >= 4 is 28.1 Å². The van der Waals surface area contributed by atoms with Crippen LogP contribution in [0.25, 0.3) is 0 Å². The molecule has 3 aromatic rings. The molecule has 6 nitrogen and oxygen atoms in total. The highest BCUT2D eigenvalue weighted by molar-refractivity contribution is 7.13. The number of fused-ring (bicyclic) bond motifs is 1. The molecule has 0 aliphatic carbocycles. The van der Waals surface area contributed by atoms with E-state index in [9.17, 15) is 0 Å². The van der Waals surface area contributed by atoms with Crippen molar-refractivity contribution in [3.8, 4) is 0 Å². The number of benzene rings is 1. The summed E-state index contributed by atoms with van der Waals surface area (Å²) in [7, 11) is 0. The molecule has 1 aromatic carbocycles. The van der Waals surface area contributed by atoms with Crippen LogP contribution in [0.5, 0.6) is 0 Å². The molecule has 1 saturated heterocycles. The first-order valence-electron chi connectivity index (χ1n) is 9.89. The number of hydrogen-bond donors (Lipinski definition) is 1. The molecule has 0 spiro atoms. The third-order valence-corrected chi connectivity index (χ3v) is 6.47. The van der Waals surface area contributed by atoms with Crippen LogP contribution in [-0.2, 0) is 13.0 Å². The lowest BCUT2D eigenvalue weighted by atomic mass is 9.95. The second-order valence-electron chi connectivity index (χ2n) is 7.43. The van der Waals surface area contributed by atoms with Crippen LogP contribution in [-0.4, -0.2) is 45.5 Å². The fourth-order valence-corrected chi connectivity index (χ4v) is 4.81. The molecule has 0 amide bonds. The highest BCUT2D eigenvalue weighted by Crippen LogP contribution is 2.27. The molecule has 0 radical (unpaired) electrons. The summed E-state index contributed by atoms with van der Waals surface area (Å²) in [4.78, 5) is 18.1. The molecule has 0 saturated carbocycles. The van der Waals surface area contributed by atoms with E-state index >= 15 is 0 Å².